The fourth-order valence-electron chi connectivity index (χ4n) is 4.36. The largest absolute Gasteiger partial charge is 0.465 e. The van der Waals surface area contributed by atoms with Crippen molar-refractivity contribution in [1.82, 2.24) is 14.5 Å². The Balaban J connectivity index is 1.89. The second kappa shape index (κ2) is 8.53. The SMILES string of the molecule is CSc1nc2c(F)c(Br)c(Cl)cc2c2c1ccn2[C@H]1CCN(C(=O)O)[C@H](CCO)C1. The molecule has 1 fully saturated rings. The fourth-order valence-corrected chi connectivity index (χ4v) is 5.42. The molecule has 1 aliphatic rings. The normalized spacial score (nSPS) is 19.7. The van der Waals surface area contributed by atoms with E-state index in [4.69, 9.17) is 11.6 Å². The number of benzene rings is 1. The average molecular weight is 517 g/mol. The minimum atomic E-state index is -0.970. The number of aliphatic hydroxyl groups is 1. The molecule has 30 heavy (non-hydrogen) atoms. The zero-order valence-corrected chi connectivity index (χ0v) is 19.3. The minimum Gasteiger partial charge on any atom is -0.465 e. The third-order valence-corrected chi connectivity index (χ3v) is 7.73. The summed E-state index contributed by atoms with van der Waals surface area (Å²) in [4.78, 5) is 17.5. The number of thioether (sulfide) groups is 1. The smallest absolute Gasteiger partial charge is 0.407 e. The Hall–Kier alpha value is -1.55. The molecule has 160 valence electrons. The summed E-state index contributed by atoms with van der Waals surface area (Å²) in [5, 5.41) is 21.4. The third kappa shape index (κ3) is 3.55. The Kier molecular flexibility index (Phi) is 6.16. The molecule has 3 aromatic rings. The van der Waals surface area contributed by atoms with Gasteiger partial charge in [0, 0.05) is 42.2 Å². The molecule has 0 bridgehead atoms. The summed E-state index contributed by atoms with van der Waals surface area (Å²) in [6.45, 7) is 0.301. The van der Waals surface area contributed by atoms with Crippen LogP contribution in [0, 0.1) is 5.82 Å². The maximum absolute atomic E-state index is 15.0. The summed E-state index contributed by atoms with van der Waals surface area (Å²) in [6, 6.07) is 3.43. The van der Waals surface area contributed by atoms with E-state index in [-0.39, 0.29) is 33.7 Å². The Labute approximate surface area is 190 Å². The van der Waals surface area contributed by atoms with Gasteiger partial charge in [-0.3, -0.25) is 0 Å². The van der Waals surface area contributed by atoms with Gasteiger partial charge in [-0.15, -0.1) is 11.8 Å². The predicted molar refractivity (Wildman–Crippen MR) is 120 cm³/mol. The highest BCUT2D eigenvalue weighted by atomic mass is 79.9. The molecule has 0 saturated carbocycles. The molecule has 2 aromatic heterocycles. The number of halogens is 3. The zero-order valence-electron chi connectivity index (χ0n) is 16.1. The van der Waals surface area contributed by atoms with Crippen LogP contribution in [0.5, 0.6) is 0 Å². The summed E-state index contributed by atoms with van der Waals surface area (Å²) in [7, 11) is 0. The van der Waals surface area contributed by atoms with Gasteiger partial charge >= 0.3 is 6.09 Å². The molecule has 1 aliphatic heterocycles. The van der Waals surface area contributed by atoms with Crippen molar-refractivity contribution in [3.05, 3.63) is 33.6 Å². The van der Waals surface area contributed by atoms with E-state index in [1.54, 1.807) is 6.07 Å². The van der Waals surface area contributed by atoms with Gasteiger partial charge in [-0.05, 0) is 53.6 Å². The number of nitrogens with zero attached hydrogens (tertiary/aromatic N) is 3. The van der Waals surface area contributed by atoms with Crippen LogP contribution in [0.4, 0.5) is 9.18 Å². The molecule has 3 heterocycles. The van der Waals surface area contributed by atoms with Gasteiger partial charge in [0.1, 0.15) is 10.5 Å². The summed E-state index contributed by atoms with van der Waals surface area (Å²) < 4.78 is 17.3. The van der Waals surface area contributed by atoms with Crippen LogP contribution in [0.2, 0.25) is 5.02 Å². The molecule has 10 heteroatoms. The van der Waals surface area contributed by atoms with Crippen molar-refractivity contribution >= 4 is 67.2 Å². The third-order valence-electron chi connectivity index (χ3n) is 5.73. The van der Waals surface area contributed by atoms with Crippen LogP contribution in [0.3, 0.4) is 0 Å². The van der Waals surface area contributed by atoms with Crippen molar-refractivity contribution in [2.24, 2.45) is 0 Å². The van der Waals surface area contributed by atoms with Crippen LogP contribution in [0.25, 0.3) is 21.8 Å². The van der Waals surface area contributed by atoms with Crippen LogP contribution in [0.1, 0.15) is 25.3 Å². The number of aliphatic hydroxyl groups excluding tert-OH is 1. The number of hydrogen-bond donors (Lipinski definition) is 2. The number of hydrogen-bond acceptors (Lipinski definition) is 4. The van der Waals surface area contributed by atoms with Gasteiger partial charge in [-0.1, -0.05) is 11.6 Å². The van der Waals surface area contributed by atoms with E-state index in [9.17, 15) is 19.4 Å². The van der Waals surface area contributed by atoms with E-state index in [0.717, 1.165) is 15.9 Å². The Morgan fingerprint density at radius 1 is 1.47 bits per heavy atom. The number of fused-ring (bicyclic) bond motifs is 3. The van der Waals surface area contributed by atoms with Gasteiger partial charge in [0.2, 0.25) is 0 Å². The highest BCUT2D eigenvalue weighted by Gasteiger charge is 2.33. The maximum atomic E-state index is 15.0. The van der Waals surface area contributed by atoms with Crippen molar-refractivity contribution in [2.45, 2.75) is 36.4 Å². The molecule has 0 aliphatic carbocycles. The van der Waals surface area contributed by atoms with Crippen molar-refractivity contribution in [2.75, 3.05) is 19.4 Å². The molecule has 2 N–H and O–H groups in total. The van der Waals surface area contributed by atoms with Gasteiger partial charge in [0.15, 0.2) is 5.82 Å². The second-order valence-electron chi connectivity index (χ2n) is 7.31. The number of aromatic nitrogens is 2. The Morgan fingerprint density at radius 3 is 2.90 bits per heavy atom. The van der Waals surface area contributed by atoms with Gasteiger partial charge in [-0.2, -0.15) is 0 Å². The first-order chi connectivity index (χ1) is 14.4. The highest BCUT2D eigenvalue weighted by Crippen LogP contribution is 2.40. The summed E-state index contributed by atoms with van der Waals surface area (Å²) in [5.41, 5.74) is 1.09. The van der Waals surface area contributed by atoms with Gasteiger partial charge in [-0.25, -0.2) is 14.2 Å². The van der Waals surface area contributed by atoms with Crippen LogP contribution in [0.15, 0.2) is 27.8 Å². The molecule has 1 amide bonds. The molecule has 0 unspecified atom stereocenters. The van der Waals surface area contributed by atoms with E-state index in [2.05, 4.69) is 25.5 Å². The predicted octanol–water partition coefficient (Wildman–Crippen LogP) is 5.53. The lowest BCUT2D eigenvalue weighted by molar-refractivity contribution is 0.0804. The van der Waals surface area contributed by atoms with Crippen LogP contribution < -0.4 is 0 Å². The van der Waals surface area contributed by atoms with Gasteiger partial charge in [0.05, 0.1) is 15.0 Å². The molecule has 1 aromatic carbocycles. The van der Waals surface area contributed by atoms with Crippen LogP contribution in [-0.4, -0.2) is 56.2 Å². The number of rotatable bonds is 4. The maximum Gasteiger partial charge on any atom is 0.407 e. The number of carboxylic acid groups (broad SMARTS) is 1. The van der Waals surface area contributed by atoms with Crippen molar-refractivity contribution in [1.29, 1.82) is 0 Å². The van der Waals surface area contributed by atoms with Crippen LogP contribution >= 0.6 is 39.3 Å². The number of likely N-dealkylation sites (tertiary alicyclic amines) is 1. The topological polar surface area (TPSA) is 78.6 Å². The summed E-state index contributed by atoms with van der Waals surface area (Å²) in [6.07, 6.45) is 4.47. The second-order valence-corrected chi connectivity index (χ2v) is 9.30. The first kappa shape index (κ1) is 21.7. The summed E-state index contributed by atoms with van der Waals surface area (Å²) in [5.74, 6) is -0.499. The first-order valence-corrected chi connectivity index (χ1v) is 11.9. The monoisotopic (exact) mass is 515 g/mol. The van der Waals surface area contributed by atoms with E-state index < -0.39 is 11.9 Å². The van der Waals surface area contributed by atoms with Crippen molar-refractivity contribution < 1.29 is 19.4 Å². The fraction of sp³-hybridized carbons (Fsp3) is 0.400. The van der Waals surface area contributed by atoms with Crippen LogP contribution in [-0.2, 0) is 0 Å². The molecule has 4 rings (SSSR count). The quantitative estimate of drug-likeness (QED) is 0.352. The first-order valence-electron chi connectivity index (χ1n) is 9.49. The van der Waals surface area contributed by atoms with E-state index in [0.29, 0.717) is 31.2 Å². The zero-order chi connectivity index (χ0) is 21.6. The number of piperidine rings is 1. The Morgan fingerprint density at radius 2 is 2.23 bits per heavy atom. The molecule has 2 atom stereocenters. The Bertz CT molecular complexity index is 1140. The van der Waals surface area contributed by atoms with E-state index in [1.165, 1.54) is 16.7 Å². The average Bonchev–Trinajstić information content (AvgIpc) is 3.17. The molecular formula is C20H20BrClFN3O3S. The number of amides is 1. The molecule has 6 nitrogen and oxygen atoms in total. The number of pyridine rings is 1. The molecule has 0 spiro atoms. The highest BCUT2D eigenvalue weighted by molar-refractivity contribution is 9.10. The lowest BCUT2D eigenvalue weighted by atomic mass is 9.95. The lowest BCUT2D eigenvalue weighted by Gasteiger charge is -2.38. The number of carbonyl (C=O) groups is 1. The molecular weight excluding hydrogens is 497 g/mol. The summed E-state index contributed by atoms with van der Waals surface area (Å²) >= 11 is 10.9. The van der Waals surface area contributed by atoms with E-state index >= 15 is 0 Å². The van der Waals surface area contributed by atoms with Gasteiger partial charge in [0.25, 0.3) is 0 Å². The molecule has 0 radical (unpaired) electrons. The van der Waals surface area contributed by atoms with Crippen molar-refractivity contribution in [3.63, 3.8) is 0 Å². The minimum absolute atomic E-state index is 0.0143. The van der Waals surface area contributed by atoms with Crippen molar-refractivity contribution in [3.8, 4) is 0 Å². The standard InChI is InChI=1S/C20H20BrClFN3O3S/c1-30-19-12-3-6-25(10-2-5-26(20(28)29)11(8-10)4-7-27)18(12)13-9-14(22)15(21)16(23)17(13)24-19/h3,6,9-11,27H,2,4-5,7-8H2,1H3,(H,28,29)/t10-,11+/m0/s1. The molecule has 1 saturated heterocycles. The van der Waals surface area contributed by atoms with Gasteiger partial charge < -0.3 is 19.7 Å². The lowest BCUT2D eigenvalue weighted by Crippen LogP contribution is -2.46. The van der Waals surface area contributed by atoms with E-state index in [1.807, 2.05) is 18.5 Å².